The fourth-order valence-corrected chi connectivity index (χ4v) is 10.0. The highest BCUT2D eigenvalue weighted by atomic mass is 16.1. The van der Waals surface area contributed by atoms with Gasteiger partial charge >= 0.3 is 0 Å². The van der Waals surface area contributed by atoms with Crippen LogP contribution >= 0.6 is 0 Å². The van der Waals surface area contributed by atoms with E-state index in [0.29, 0.717) is 27.1 Å². The normalized spacial score (nSPS) is 12.1. The average Bonchev–Trinajstić information content (AvgIpc) is 3.84. The zero-order valence-electron chi connectivity index (χ0n) is 32.7. The van der Waals surface area contributed by atoms with E-state index in [0.717, 1.165) is 88.3 Å². The number of aromatic nitrogens is 3. The number of benzene rings is 9. The van der Waals surface area contributed by atoms with Gasteiger partial charge in [-0.25, -0.2) is 0 Å². The van der Waals surface area contributed by atoms with E-state index in [1.165, 1.54) is 0 Å². The molecule has 9 aromatic carbocycles. The quantitative estimate of drug-likeness (QED) is 0.132. The topological polar surface area (TPSA) is 48.4 Å². The molecule has 4 aromatic heterocycles. The van der Waals surface area contributed by atoms with Gasteiger partial charge in [-0.05, 0) is 107 Å². The zero-order valence-corrected chi connectivity index (χ0v) is 32.7. The summed E-state index contributed by atoms with van der Waals surface area (Å²) in [7, 11) is 0. The first-order valence-electron chi connectivity index (χ1n) is 20.6. The maximum Gasteiger partial charge on any atom is 0.197 e. The molecule has 0 radical (unpaired) electrons. The second-order valence-corrected chi connectivity index (χ2v) is 16.0. The average molecular weight is 780 g/mol. The molecule has 4 heterocycles. The predicted molar refractivity (Wildman–Crippen MR) is 253 cm³/mol. The zero-order chi connectivity index (χ0) is 40.3. The summed E-state index contributed by atoms with van der Waals surface area (Å²) in [5.41, 5.74) is 12.6. The highest BCUT2D eigenvalue weighted by Crippen LogP contribution is 2.39. The lowest BCUT2D eigenvalue weighted by Crippen LogP contribution is -2.14. The second kappa shape index (κ2) is 12.6. The van der Waals surface area contributed by atoms with Gasteiger partial charge in [-0.15, -0.1) is 0 Å². The van der Waals surface area contributed by atoms with Gasteiger partial charge in [0, 0.05) is 54.5 Å². The van der Waals surface area contributed by atoms with Crippen molar-refractivity contribution in [2.45, 2.75) is 0 Å². The first-order chi connectivity index (χ1) is 30.1. The molecule has 0 fully saturated rings. The summed E-state index contributed by atoms with van der Waals surface area (Å²) in [6.07, 6.45) is 0. The Morgan fingerprint density at radius 1 is 0.262 bits per heavy atom. The first kappa shape index (κ1) is 33.7. The summed E-state index contributed by atoms with van der Waals surface area (Å²) in [6.45, 7) is 0. The first-order valence-corrected chi connectivity index (χ1v) is 20.6. The third-order valence-electron chi connectivity index (χ3n) is 12.8. The SMILES string of the molecule is O=c1c2cc(-n3c4ccccc4c4ccccc43)ccc2n2c3ccc(-n4c5ccc(-c6ccccc6)cc5c5cc(-c6ccccc6)ccc54)cc3c(=O)c3cccc1c32. The molecule has 5 nitrogen and oxygen atoms in total. The molecule has 0 amide bonds. The van der Waals surface area contributed by atoms with E-state index in [1.54, 1.807) is 0 Å². The lowest BCUT2D eigenvalue weighted by molar-refractivity contribution is 1.18. The molecule has 13 rings (SSSR count). The molecule has 13 aromatic rings. The Labute approximate surface area is 348 Å². The van der Waals surface area contributed by atoms with E-state index < -0.39 is 0 Å². The van der Waals surface area contributed by atoms with Crippen LogP contribution < -0.4 is 10.9 Å². The fraction of sp³-hybridized carbons (Fsp3) is 0. The number of nitrogens with zero attached hydrogens (tertiary/aromatic N) is 3. The number of hydrogen-bond acceptors (Lipinski definition) is 2. The number of rotatable bonds is 4. The van der Waals surface area contributed by atoms with Gasteiger partial charge < -0.3 is 13.5 Å². The van der Waals surface area contributed by atoms with Crippen LogP contribution in [0, 0.1) is 0 Å². The van der Waals surface area contributed by atoms with Crippen LogP contribution in [0.1, 0.15) is 0 Å². The van der Waals surface area contributed by atoms with Crippen LogP contribution in [0.15, 0.2) is 210 Å². The third kappa shape index (κ3) is 4.77. The molecule has 0 N–H and O–H groups in total. The Morgan fingerprint density at radius 3 is 1.13 bits per heavy atom. The Balaban J connectivity index is 1.07. The maximum atomic E-state index is 14.7. The van der Waals surface area contributed by atoms with Crippen molar-refractivity contribution < 1.29 is 0 Å². The molecule has 0 atom stereocenters. The smallest absolute Gasteiger partial charge is 0.197 e. The van der Waals surface area contributed by atoms with E-state index in [4.69, 9.17) is 0 Å². The van der Waals surface area contributed by atoms with Gasteiger partial charge in [0.1, 0.15) is 0 Å². The van der Waals surface area contributed by atoms with E-state index in [-0.39, 0.29) is 10.9 Å². The van der Waals surface area contributed by atoms with Crippen LogP contribution in [0.2, 0.25) is 0 Å². The van der Waals surface area contributed by atoms with Crippen LogP contribution in [-0.4, -0.2) is 13.5 Å². The summed E-state index contributed by atoms with van der Waals surface area (Å²) in [4.78, 5) is 29.3. The number of pyridine rings is 2. The summed E-state index contributed by atoms with van der Waals surface area (Å²) in [5.74, 6) is 0. The molecule has 0 spiro atoms. The summed E-state index contributed by atoms with van der Waals surface area (Å²) >= 11 is 0. The lowest BCUT2D eigenvalue weighted by Gasteiger charge is -2.17. The second-order valence-electron chi connectivity index (χ2n) is 16.0. The minimum Gasteiger partial charge on any atom is -0.309 e. The number of para-hydroxylation sites is 3. The monoisotopic (exact) mass is 779 g/mol. The van der Waals surface area contributed by atoms with Crippen LogP contribution in [0.5, 0.6) is 0 Å². The Morgan fingerprint density at radius 2 is 0.656 bits per heavy atom. The van der Waals surface area contributed by atoms with Gasteiger partial charge in [-0.1, -0.05) is 115 Å². The van der Waals surface area contributed by atoms with Crippen LogP contribution in [0.3, 0.4) is 0 Å². The van der Waals surface area contributed by atoms with Gasteiger partial charge in [-0.3, -0.25) is 9.59 Å². The molecular formula is C56H33N3O2. The molecule has 0 aliphatic rings. The van der Waals surface area contributed by atoms with Crippen molar-refractivity contribution in [3.63, 3.8) is 0 Å². The third-order valence-corrected chi connectivity index (χ3v) is 12.8. The van der Waals surface area contributed by atoms with E-state index in [9.17, 15) is 9.59 Å². The highest BCUT2D eigenvalue weighted by Gasteiger charge is 2.21. The minimum absolute atomic E-state index is 0.0892. The lowest BCUT2D eigenvalue weighted by atomic mass is 10.0. The van der Waals surface area contributed by atoms with Crippen molar-refractivity contribution in [1.82, 2.24) is 13.5 Å². The predicted octanol–water partition coefficient (Wildman–Crippen LogP) is 13.1. The number of fused-ring (bicyclic) bond motifs is 10. The molecule has 0 saturated carbocycles. The minimum atomic E-state index is -0.0957. The maximum absolute atomic E-state index is 14.7. The van der Waals surface area contributed by atoms with Crippen LogP contribution in [0.25, 0.3) is 115 Å². The molecular weight excluding hydrogens is 747 g/mol. The van der Waals surface area contributed by atoms with Gasteiger partial charge in [0.25, 0.3) is 0 Å². The van der Waals surface area contributed by atoms with Crippen molar-refractivity contribution in [3.8, 4) is 33.6 Å². The molecule has 0 aliphatic carbocycles. The van der Waals surface area contributed by atoms with Gasteiger partial charge in [0.15, 0.2) is 10.9 Å². The van der Waals surface area contributed by atoms with Gasteiger partial charge in [0.2, 0.25) is 0 Å². The van der Waals surface area contributed by atoms with Gasteiger partial charge in [-0.2, -0.15) is 0 Å². The van der Waals surface area contributed by atoms with E-state index in [1.807, 2.05) is 48.5 Å². The summed E-state index contributed by atoms with van der Waals surface area (Å²) in [6, 6.07) is 69.0. The molecule has 0 bridgehead atoms. The molecule has 61 heavy (non-hydrogen) atoms. The van der Waals surface area contributed by atoms with E-state index in [2.05, 4.69) is 165 Å². The van der Waals surface area contributed by atoms with Crippen LogP contribution in [0.4, 0.5) is 0 Å². The van der Waals surface area contributed by atoms with Crippen molar-refractivity contribution in [3.05, 3.63) is 221 Å². The van der Waals surface area contributed by atoms with Crippen molar-refractivity contribution in [1.29, 1.82) is 0 Å². The summed E-state index contributed by atoms with van der Waals surface area (Å²) < 4.78 is 6.64. The largest absolute Gasteiger partial charge is 0.309 e. The molecule has 5 heteroatoms. The molecule has 0 saturated heterocycles. The Kier molecular flexibility index (Phi) is 6.96. The summed E-state index contributed by atoms with van der Waals surface area (Å²) in [5, 5.41) is 6.82. The van der Waals surface area contributed by atoms with E-state index >= 15 is 0 Å². The standard InChI is InChI=1S/C56H33N3O2/c60-55-42-18-11-19-43-54(42)59(52-28-24-38(32-46(52)55)57-48-20-9-7-16-40(48)41-17-8-10-21-49(41)57)53-29-25-39(33-47(53)56(43)61)58-50-26-22-36(34-12-3-1-4-13-34)30-44(50)45-31-37(23-27-51(45)58)35-14-5-2-6-15-35/h1-33H. The fourth-order valence-electron chi connectivity index (χ4n) is 10.0. The Bertz CT molecular complexity index is 3940. The molecule has 0 aliphatic heterocycles. The molecule has 0 unspecified atom stereocenters. The number of hydrogen-bond donors (Lipinski definition) is 0. The van der Waals surface area contributed by atoms with Crippen molar-refractivity contribution in [2.24, 2.45) is 0 Å². The van der Waals surface area contributed by atoms with Crippen molar-refractivity contribution in [2.75, 3.05) is 0 Å². The van der Waals surface area contributed by atoms with Crippen molar-refractivity contribution >= 4 is 81.7 Å². The highest BCUT2D eigenvalue weighted by molar-refractivity contribution is 6.13. The van der Waals surface area contributed by atoms with Crippen LogP contribution in [-0.2, 0) is 0 Å². The molecule has 284 valence electrons. The Hall–Kier alpha value is -8.28. The van der Waals surface area contributed by atoms with Gasteiger partial charge in [0.05, 0.1) is 38.6 Å².